The number of hydrogen-bond donors (Lipinski definition) is 1. The first-order valence-corrected chi connectivity index (χ1v) is 3.41. The van der Waals surface area contributed by atoms with Crippen LogP contribution in [-0.4, -0.2) is 22.7 Å². The molecule has 1 amide bonds. The molecule has 0 saturated carbocycles. The van der Waals surface area contributed by atoms with E-state index < -0.39 is 11.5 Å². The van der Waals surface area contributed by atoms with Crippen LogP contribution in [0.3, 0.4) is 0 Å². The fraction of sp³-hybridized carbons (Fsp3) is 0.286. The molecule has 0 unspecified atom stereocenters. The first-order chi connectivity index (χ1) is 5.66. The average Bonchev–Trinajstić information content (AvgIpc) is 2.08. The molecule has 64 valence electrons. The van der Waals surface area contributed by atoms with Crippen LogP contribution >= 0.6 is 0 Å². The lowest BCUT2D eigenvalue weighted by atomic mass is 10.3. The molecule has 1 rings (SSSR count). The van der Waals surface area contributed by atoms with Crippen LogP contribution in [0.1, 0.15) is 10.4 Å². The zero-order valence-electron chi connectivity index (χ0n) is 6.87. The number of amides is 1. The molecule has 0 bridgehead atoms. The molecule has 0 aliphatic heterocycles. The van der Waals surface area contributed by atoms with E-state index in [1.54, 1.807) is 0 Å². The number of carbonyl (C=O) groups is 1. The van der Waals surface area contributed by atoms with Crippen LogP contribution in [0.4, 0.5) is 0 Å². The van der Waals surface area contributed by atoms with Gasteiger partial charge in [0.25, 0.3) is 11.5 Å². The Morgan fingerprint density at radius 1 is 1.67 bits per heavy atom. The van der Waals surface area contributed by atoms with Gasteiger partial charge in [-0.2, -0.15) is 5.10 Å². The molecule has 0 aliphatic rings. The maximum atomic E-state index is 11.2. The van der Waals surface area contributed by atoms with Crippen LogP contribution in [-0.2, 0) is 7.05 Å². The molecule has 0 saturated heterocycles. The van der Waals surface area contributed by atoms with Crippen LogP contribution < -0.4 is 10.9 Å². The fourth-order valence-corrected chi connectivity index (χ4v) is 0.813. The van der Waals surface area contributed by atoms with Gasteiger partial charge in [0, 0.05) is 20.3 Å². The normalized spacial score (nSPS) is 9.50. The van der Waals surface area contributed by atoms with E-state index in [0.29, 0.717) is 0 Å². The molecular weight excluding hydrogens is 158 g/mol. The summed E-state index contributed by atoms with van der Waals surface area (Å²) in [5.41, 5.74) is -0.285. The molecule has 1 aromatic rings. The van der Waals surface area contributed by atoms with Crippen LogP contribution in [0, 0.1) is 0 Å². The van der Waals surface area contributed by atoms with Gasteiger partial charge in [-0.05, 0) is 6.07 Å². The first-order valence-electron chi connectivity index (χ1n) is 3.41. The highest BCUT2D eigenvalue weighted by Gasteiger charge is 2.08. The highest BCUT2D eigenvalue weighted by atomic mass is 16.2. The third kappa shape index (κ3) is 1.34. The summed E-state index contributed by atoms with van der Waals surface area (Å²) in [4.78, 5) is 22.2. The van der Waals surface area contributed by atoms with Crippen LogP contribution in [0.15, 0.2) is 17.1 Å². The highest BCUT2D eigenvalue weighted by molar-refractivity contribution is 5.93. The third-order valence-corrected chi connectivity index (χ3v) is 1.48. The minimum Gasteiger partial charge on any atom is -0.355 e. The quantitative estimate of drug-likeness (QED) is 0.592. The molecule has 12 heavy (non-hydrogen) atoms. The predicted octanol–water partition coefficient (Wildman–Crippen LogP) is -0.860. The standard InChI is InChI=1S/C7H9N3O2/c1-8-6(11)5-3-4-9-10(2)7(5)12/h3-4H,1-2H3,(H,8,11). The largest absolute Gasteiger partial charge is 0.355 e. The van der Waals surface area contributed by atoms with Crippen LogP contribution in [0.2, 0.25) is 0 Å². The molecule has 0 atom stereocenters. The number of hydrogen-bond acceptors (Lipinski definition) is 3. The molecule has 1 aromatic heterocycles. The number of nitrogens with one attached hydrogen (secondary N) is 1. The first kappa shape index (κ1) is 8.45. The Labute approximate surface area is 69.0 Å². The van der Waals surface area contributed by atoms with Crippen molar-refractivity contribution in [2.24, 2.45) is 7.05 Å². The second kappa shape index (κ2) is 3.17. The summed E-state index contributed by atoms with van der Waals surface area (Å²) >= 11 is 0. The molecule has 5 nitrogen and oxygen atoms in total. The minimum absolute atomic E-state index is 0.106. The lowest BCUT2D eigenvalue weighted by molar-refractivity contribution is 0.0960. The molecule has 1 heterocycles. The number of nitrogens with zero attached hydrogens (tertiary/aromatic N) is 2. The maximum absolute atomic E-state index is 11.2. The Bertz CT molecular complexity index is 356. The maximum Gasteiger partial charge on any atom is 0.279 e. The van der Waals surface area contributed by atoms with Gasteiger partial charge in [0.05, 0.1) is 0 Å². The summed E-state index contributed by atoms with van der Waals surface area (Å²) < 4.78 is 1.12. The Hall–Kier alpha value is -1.65. The minimum atomic E-state index is -0.392. The molecule has 1 N–H and O–H groups in total. The van der Waals surface area contributed by atoms with Gasteiger partial charge in [-0.3, -0.25) is 9.59 Å². The lowest BCUT2D eigenvalue weighted by Crippen LogP contribution is -2.30. The van der Waals surface area contributed by atoms with Crippen molar-refractivity contribution in [2.75, 3.05) is 7.05 Å². The van der Waals surface area contributed by atoms with Gasteiger partial charge in [-0.15, -0.1) is 0 Å². The molecule has 0 aromatic carbocycles. The second-order valence-electron chi connectivity index (χ2n) is 2.25. The zero-order valence-corrected chi connectivity index (χ0v) is 6.87. The highest BCUT2D eigenvalue weighted by Crippen LogP contribution is 1.86. The third-order valence-electron chi connectivity index (χ3n) is 1.48. The van der Waals surface area contributed by atoms with Crippen molar-refractivity contribution in [1.82, 2.24) is 15.1 Å². The molecule has 5 heteroatoms. The van der Waals surface area contributed by atoms with Gasteiger partial charge in [0.1, 0.15) is 5.56 Å². The monoisotopic (exact) mass is 167 g/mol. The number of aryl methyl sites for hydroxylation is 1. The summed E-state index contributed by atoms with van der Waals surface area (Å²) in [6.07, 6.45) is 1.41. The van der Waals surface area contributed by atoms with Gasteiger partial charge in [-0.1, -0.05) is 0 Å². The van der Waals surface area contributed by atoms with E-state index in [4.69, 9.17) is 0 Å². The zero-order chi connectivity index (χ0) is 9.14. The summed E-state index contributed by atoms with van der Waals surface area (Å²) in [5, 5.41) is 6.05. The van der Waals surface area contributed by atoms with Crippen molar-refractivity contribution in [2.45, 2.75) is 0 Å². The van der Waals surface area contributed by atoms with Gasteiger partial charge in [0.15, 0.2) is 0 Å². The van der Waals surface area contributed by atoms with E-state index in [0.717, 1.165) is 4.68 Å². The summed E-state index contributed by atoms with van der Waals surface area (Å²) in [5.74, 6) is -0.391. The summed E-state index contributed by atoms with van der Waals surface area (Å²) in [6, 6.07) is 1.39. The SMILES string of the molecule is CNC(=O)c1ccnn(C)c1=O. The molecular formula is C7H9N3O2. The second-order valence-corrected chi connectivity index (χ2v) is 2.25. The molecule has 0 fully saturated rings. The van der Waals surface area contributed by atoms with Gasteiger partial charge in [0.2, 0.25) is 0 Å². The average molecular weight is 167 g/mol. The van der Waals surface area contributed by atoms with E-state index in [1.165, 1.54) is 26.4 Å². The molecule has 0 spiro atoms. The fourth-order valence-electron chi connectivity index (χ4n) is 0.813. The number of carbonyl (C=O) groups excluding carboxylic acids is 1. The van der Waals surface area contributed by atoms with Crippen LogP contribution in [0.5, 0.6) is 0 Å². The van der Waals surface area contributed by atoms with Crippen molar-refractivity contribution < 1.29 is 4.79 Å². The Morgan fingerprint density at radius 3 is 2.92 bits per heavy atom. The van der Waals surface area contributed by atoms with E-state index in [-0.39, 0.29) is 5.56 Å². The van der Waals surface area contributed by atoms with Crippen molar-refractivity contribution in [3.05, 3.63) is 28.2 Å². The van der Waals surface area contributed by atoms with E-state index >= 15 is 0 Å². The molecule has 0 aliphatic carbocycles. The van der Waals surface area contributed by atoms with Gasteiger partial charge in [-0.25, -0.2) is 4.68 Å². The smallest absolute Gasteiger partial charge is 0.279 e. The van der Waals surface area contributed by atoms with Gasteiger partial charge < -0.3 is 5.32 Å². The predicted molar refractivity (Wildman–Crippen MR) is 42.9 cm³/mol. The Morgan fingerprint density at radius 2 is 2.33 bits per heavy atom. The van der Waals surface area contributed by atoms with Crippen molar-refractivity contribution in [3.8, 4) is 0 Å². The Kier molecular flexibility index (Phi) is 2.23. The lowest BCUT2D eigenvalue weighted by Gasteiger charge is -1.99. The molecule has 0 radical (unpaired) electrons. The van der Waals surface area contributed by atoms with Crippen LogP contribution in [0.25, 0.3) is 0 Å². The van der Waals surface area contributed by atoms with Gasteiger partial charge >= 0.3 is 0 Å². The topological polar surface area (TPSA) is 64.0 Å². The van der Waals surface area contributed by atoms with Crippen molar-refractivity contribution >= 4 is 5.91 Å². The van der Waals surface area contributed by atoms with E-state index in [1.807, 2.05) is 0 Å². The summed E-state index contributed by atoms with van der Waals surface area (Å²) in [7, 11) is 2.97. The van der Waals surface area contributed by atoms with Crippen molar-refractivity contribution in [1.29, 1.82) is 0 Å². The van der Waals surface area contributed by atoms with Crippen molar-refractivity contribution in [3.63, 3.8) is 0 Å². The van der Waals surface area contributed by atoms with E-state index in [2.05, 4.69) is 10.4 Å². The number of aromatic nitrogens is 2. The number of rotatable bonds is 1. The Balaban J connectivity index is 3.26. The van der Waals surface area contributed by atoms with E-state index in [9.17, 15) is 9.59 Å². The summed E-state index contributed by atoms with van der Waals surface area (Å²) in [6.45, 7) is 0.